The fourth-order valence-electron chi connectivity index (χ4n) is 5.36. The summed E-state index contributed by atoms with van der Waals surface area (Å²) >= 11 is 0. The fourth-order valence-corrected chi connectivity index (χ4v) is 5.36. The van der Waals surface area contributed by atoms with Crippen molar-refractivity contribution in [3.05, 3.63) is 65.7 Å². The highest BCUT2D eigenvalue weighted by molar-refractivity contribution is 5.85. The number of rotatable bonds is 8. The Labute approximate surface area is 228 Å². The van der Waals surface area contributed by atoms with E-state index in [-0.39, 0.29) is 29.8 Å². The Kier molecular flexibility index (Phi) is 9.65. The fraction of sp³-hybridized carbons (Fsp3) is 0.533. The third kappa shape index (κ3) is 7.05. The normalized spacial score (nSPS) is 18.4. The van der Waals surface area contributed by atoms with Crippen LogP contribution in [0.3, 0.4) is 0 Å². The van der Waals surface area contributed by atoms with Crippen molar-refractivity contribution >= 4 is 24.2 Å². The van der Waals surface area contributed by atoms with Gasteiger partial charge in [-0.05, 0) is 62.0 Å². The van der Waals surface area contributed by atoms with Gasteiger partial charge < -0.3 is 19.9 Å². The summed E-state index contributed by atoms with van der Waals surface area (Å²) in [5.74, 6) is 1.22. The topological polar surface area (TPSA) is 61.9 Å². The van der Waals surface area contributed by atoms with Gasteiger partial charge in [0.05, 0.1) is 18.6 Å². The van der Waals surface area contributed by atoms with Crippen LogP contribution in [0.2, 0.25) is 0 Å². The summed E-state index contributed by atoms with van der Waals surface area (Å²) in [6, 6.07) is 18.2. The zero-order valence-corrected chi connectivity index (χ0v) is 23.5. The molecule has 2 aromatic rings. The standard InChI is InChI=1S/C30H41N3O3.ClH/c1-29(2,3)27(34)31-26(24-8-6-5-7-9-24)14-18-32-19-15-30(16-20-32)17-21-33(28(30)35)22-23-10-12-25(36-4)13-11-23;/h5-13,26H,14-22H2,1-4H3,(H,31,34);1H/t26-;/m0./s1. The first kappa shape index (κ1) is 29.0. The number of benzene rings is 2. The Morgan fingerprint density at radius 2 is 1.62 bits per heavy atom. The molecule has 2 saturated heterocycles. The molecule has 202 valence electrons. The number of nitrogens with zero attached hydrogens (tertiary/aromatic N) is 2. The van der Waals surface area contributed by atoms with Gasteiger partial charge in [0, 0.05) is 25.0 Å². The molecule has 2 aliphatic rings. The highest BCUT2D eigenvalue weighted by Crippen LogP contribution is 2.42. The SMILES string of the molecule is COc1ccc(CN2CCC3(CCN(CC[C@H](NC(=O)C(C)(C)C)c4ccccc4)CC3)C2=O)cc1.Cl. The van der Waals surface area contributed by atoms with Crippen molar-refractivity contribution in [3.63, 3.8) is 0 Å². The van der Waals surface area contributed by atoms with Crippen molar-refractivity contribution in [1.82, 2.24) is 15.1 Å². The van der Waals surface area contributed by atoms with Crippen molar-refractivity contribution in [2.45, 2.75) is 59.0 Å². The summed E-state index contributed by atoms with van der Waals surface area (Å²) in [7, 11) is 1.67. The van der Waals surface area contributed by atoms with Gasteiger partial charge in [-0.25, -0.2) is 0 Å². The van der Waals surface area contributed by atoms with Crippen molar-refractivity contribution in [2.24, 2.45) is 10.8 Å². The average Bonchev–Trinajstić information content (AvgIpc) is 3.17. The minimum absolute atomic E-state index is 0. The minimum Gasteiger partial charge on any atom is -0.497 e. The summed E-state index contributed by atoms with van der Waals surface area (Å²) in [6.45, 7) is 10.1. The second kappa shape index (κ2) is 12.3. The minimum atomic E-state index is -0.426. The number of carbonyl (C=O) groups excluding carboxylic acids is 2. The number of methoxy groups -OCH3 is 1. The number of carbonyl (C=O) groups is 2. The van der Waals surface area contributed by atoms with Gasteiger partial charge in [-0.3, -0.25) is 9.59 Å². The number of nitrogens with one attached hydrogen (secondary N) is 1. The summed E-state index contributed by atoms with van der Waals surface area (Å²) in [5, 5.41) is 3.27. The lowest BCUT2D eigenvalue weighted by Gasteiger charge is -2.38. The molecule has 2 aliphatic heterocycles. The third-order valence-electron chi connectivity index (χ3n) is 7.87. The number of piperidine rings is 1. The van der Waals surface area contributed by atoms with E-state index < -0.39 is 5.41 Å². The Morgan fingerprint density at radius 3 is 2.22 bits per heavy atom. The van der Waals surface area contributed by atoms with Crippen molar-refractivity contribution in [2.75, 3.05) is 33.3 Å². The molecule has 1 N–H and O–H groups in total. The lowest BCUT2D eigenvalue weighted by atomic mass is 9.77. The monoisotopic (exact) mass is 527 g/mol. The van der Waals surface area contributed by atoms with Crippen LogP contribution in [0.15, 0.2) is 54.6 Å². The van der Waals surface area contributed by atoms with Crippen LogP contribution in [0.25, 0.3) is 0 Å². The maximum Gasteiger partial charge on any atom is 0.229 e. The molecule has 0 saturated carbocycles. The zero-order valence-electron chi connectivity index (χ0n) is 22.7. The van der Waals surface area contributed by atoms with Crippen LogP contribution in [0, 0.1) is 10.8 Å². The summed E-state index contributed by atoms with van der Waals surface area (Å²) in [5.41, 5.74) is 1.65. The molecule has 0 bridgehead atoms. The molecule has 4 rings (SSSR count). The molecule has 2 fully saturated rings. The summed E-state index contributed by atoms with van der Waals surface area (Å²) in [6.07, 6.45) is 3.63. The molecule has 0 radical (unpaired) electrons. The van der Waals surface area contributed by atoms with E-state index in [1.165, 1.54) is 0 Å². The Hall–Kier alpha value is -2.57. The van der Waals surface area contributed by atoms with Gasteiger partial charge in [-0.2, -0.15) is 0 Å². The number of ether oxygens (including phenoxy) is 1. The predicted molar refractivity (Wildman–Crippen MR) is 150 cm³/mol. The first-order valence-electron chi connectivity index (χ1n) is 13.2. The highest BCUT2D eigenvalue weighted by atomic mass is 35.5. The van der Waals surface area contributed by atoms with Gasteiger partial charge in [0.15, 0.2) is 0 Å². The number of halogens is 1. The van der Waals surface area contributed by atoms with Gasteiger partial charge in [0.25, 0.3) is 0 Å². The van der Waals surface area contributed by atoms with Crippen LogP contribution in [-0.2, 0) is 16.1 Å². The number of hydrogen-bond donors (Lipinski definition) is 1. The molecule has 2 amide bonds. The quantitative estimate of drug-likeness (QED) is 0.511. The van der Waals surface area contributed by atoms with Gasteiger partial charge in [-0.15, -0.1) is 12.4 Å². The van der Waals surface area contributed by atoms with Gasteiger partial charge in [0.1, 0.15) is 5.75 Å². The maximum atomic E-state index is 13.4. The van der Waals surface area contributed by atoms with E-state index in [0.29, 0.717) is 12.5 Å². The summed E-state index contributed by atoms with van der Waals surface area (Å²) in [4.78, 5) is 30.6. The molecular weight excluding hydrogens is 486 g/mol. The van der Waals surface area contributed by atoms with Crippen molar-refractivity contribution in [1.29, 1.82) is 0 Å². The number of likely N-dealkylation sites (tertiary alicyclic amines) is 2. The molecule has 2 aromatic carbocycles. The Bertz CT molecular complexity index is 1030. The lowest BCUT2D eigenvalue weighted by molar-refractivity contribution is -0.139. The van der Waals surface area contributed by atoms with Gasteiger partial charge in [-0.1, -0.05) is 63.2 Å². The predicted octanol–water partition coefficient (Wildman–Crippen LogP) is 5.23. The molecule has 0 aromatic heterocycles. The van der Waals surface area contributed by atoms with E-state index in [9.17, 15) is 9.59 Å². The van der Waals surface area contributed by atoms with Gasteiger partial charge >= 0.3 is 0 Å². The number of hydrogen-bond acceptors (Lipinski definition) is 4. The van der Waals surface area contributed by atoms with E-state index in [1.54, 1.807) is 7.11 Å². The van der Waals surface area contributed by atoms with Crippen LogP contribution in [0.1, 0.15) is 63.6 Å². The maximum absolute atomic E-state index is 13.4. The molecule has 0 aliphatic carbocycles. The molecule has 7 heteroatoms. The molecule has 1 atom stereocenters. The second-order valence-corrected chi connectivity index (χ2v) is 11.4. The van der Waals surface area contributed by atoms with E-state index in [1.807, 2.05) is 68.1 Å². The zero-order chi connectivity index (χ0) is 25.8. The molecular formula is C30H42ClN3O3. The molecule has 2 heterocycles. The van der Waals surface area contributed by atoms with Crippen LogP contribution in [0.5, 0.6) is 5.75 Å². The van der Waals surface area contributed by atoms with Crippen LogP contribution in [-0.4, -0.2) is 54.9 Å². The van der Waals surface area contributed by atoms with Crippen LogP contribution < -0.4 is 10.1 Å². The second-order valence-electron chi connectivity index (χ2n) is 11.4. The van der Waals surface area contributed by atoms with Crippen molar-refractivity contribution < 1.29 is 14.3 Å². The highest BCUT2D eigenvalue weighted by Gasteiger charge is 2.47. The lowest BCUT2D eigenvalue weighted by Crippen LogP contribution is -2.45. The van der Waals surface area contributed by atoms with E-state index in [2.05, 4.69) is 22.3 Å². The molecule has 1 spiro atoms. The Morgan fingerprint density at radius 1 is 1.00 bits per heavy atom. The number of amides is 2. The first-order chi connectivity index (χ1) is 17.2. The molecule has 0 unspecified atom stereocenters. The molecule has 37 heavy (non-hydrogen) atoms. The average molecular weight is 528 g/mol. The van der Waals surface area contributed by atoms with Crippen molar-refractivity contribution in [3.8, 4) is 5.75 Å². The first-order valence-corrected chi connectivity index (χ1v) is 13.2. The third-order valence-corrected chi connectivity index (χ3v) is 7.87. The largest absolute Gasteiger partial charge is 0.497 e. The van der Waals surface area contributed by atoms with Gasteiger partial charge in [0.2, 0.25) is 11.8 Å². The van der Waals surface area contributed by atoms with E-state index in [0.717, 1.165) is 68.7 Å². The Balaban J connectivity index is 0.00000380. The summed E-state index contributed by atoms with van der Waals surface area (Å²) < 4.78 is 5.25. The van der Waals surface area contributed by atoms with E-state index >= 15 is 0 Å². The van der Waals surface area contributed by atoms with Crippen LogP contribution in [0.4, 0.5) is 0 Å². The molecule has 6 nitrogen and oxygen atoms in total. The smallest absolute Gasteiger partial charge is 0.229 e. The van der Waals surface area contributed by atoms with Crippen LogP contribution >= 0.6 is 12.4 Å². The van der Waals surface area contributed by atoms with E-state index in [4.69, 9.17) is 4.74 Å².